The summed E-state index contributed by atoms with van der Waals surface area (Å²) in [7, 11) is 0. The predicted octanol–water partition coefficient (Wildman–Crippen LogP) is 4.48. The van der Waals surface area contributed by atoms with E-state index in [1.807, 2.05) is 37.4 Å². The largest absolute Gasteiger partial charge is 0.354 e. The third-order valence-electron chi connectivity index (χ3n) is 4.44. The number of hydrogen-bond acceptors (Lipinski definition) is 7. The summed E-state index contributed by atoms with van der Waals surface area (Å²) in [6.07, 6.45) is 1.52. The van der Waals surface area contributed by atoms with Crippen LogP contribution in [0.5, 0.6) is 0 Å². The van der Waals surface area contributed by atoms with E-state index < -0.39 is 0 Å². The van der Waals surface area contributed by atoms with Gasteiger partial charge in [0, 0.05) is 15.7 Å². The van der Waals surface area contributed by atoms with Crippen molar-refractivity contribution < 1.29 is 4.74 Å². The Morgan fingerprint density at radius 3 is 2.93 bits per heavy atom. The summed E-state index contributed by atoms with van der Waals surface area (Å²) in [6.45, 7) is 4.07. The van der Waals surface area contributed by atoms with Gasteiger partial charge in [0.1, 0.15) is 17.4 Å². The van der Waals surface area contributed by atoms with Gasteiger partial charge in [0.15, 0.2) is 0 Å². The van der Waals surface area contributed by atoms with E-state index in [9.17, 15) is 0 Å². The molecule has 1 aliphatic heterocycles. The summed E-state index contributed by atoms with van der Waals surface area (Å²) in [5, 5.41) is 13.3. The molecule has 0 bridgehead atoms. The summed E-state index contributed by atoms with van der Waals surface area (Å²) in [5.41, 5.74) is 0.744. The smallest absolute Gasteiger partial charge is 0.203 e. The molecule has 0 aliphatic carbocycles. The molecular formula is C18H18BrClN6OS. The number of ether oxygens (including phenoxy) is 1. The standard InChI is InChI=1S/C18H18BrClN6OS/c1-11-18(28-10-25(11)16-7-6-13(19)9-21-16)27-12(2)17-22-24-26(23-17)15-5-3-4-14(20)8-15/h3-9,11-12,18H,10H2,1-2H3/t11?,12-,18?/m1/s1. The minimum Gasteiger partial charge on any atom is -0.354 e. The fourth-order valence-electron chi connectivity index (χ4n) is 2.88. The molecule has 0 radical (unpaired) electrons. The number of halogens is 2. The normalized spacial score (nSPS) is 20.5. The first-order chi connectivity index (χ1) is 13.5. The van der Waals surface area contributed by atoms with Crippen LogP contribution < -0.4 is 4.90 Å². The summed E-state index contributed by atoms with van der Waals surface area (Å²) in [6, 6.07) is 11.5. The van der Waals surface area contributed by atoms with Gasteiger partial charge in [-0.15, -0.1) is 26.8 Å². The average molecular weight is 482 g/mol. The number of aromatic nitrogens is 5. The Morgan fingerprint density at radius 2 is 2.18 bits per heavy atom. The number of thioether (sulfide) groups is 1. The first kappa shape index (κ1) is 19.6. The van der Waals surface area contributed by atoms with Gasteiger partial charge in [-0.2, -0.15) is 0 Å². The maximum Gasteiger partial charge on any atom is 0.203 e. The van der Waals surface area contributed by atoms with Gasteiger partial charge in [-0.3, -0.25) is 0 Å². The van der Waals surface area contributed by atoms with E-state index >= 15 is 0 Å². The molecule has 0 amide bonds. The first-order valence-electron chi connectivity index (χ1n) is 8.72. The van der Waals surface area contributed by atoms with E-state index in [0.29, 0.717) is 10.8 Å². The number of nitrogens with zero attached hydrogens (tertiary/aromatic N) is 6. The summed E-state index contributed by atoms with van der Waals surface area (Å²) >= 11 is 11.2. The fraction of sp³-hybridized carbons (Fsp3) is 0.333. The third kappa shape index (κ3) is 4.17. The van der Waals surface area contributed by atoms with E-state index in [4.69, 9.17) is 16.3 Å². The molecule has 7 nitrogen and oxygen atoms in total. The molecule has 3 heterocycles. The Hall–Kier alpha value is -1.68. The number of benzene rings is 1. The van der Waals surface area contributed by atoms with Crippen LogP contribution in [0.3, 0.4) is 0 Å². The summed E-state index contributed by atoms with van der Waals surface area (Å²) in [4.78, 5) is 8.18. The Kier molecular flexibility index (Phi) is 5.86. The van der Waals surface area contributed by atoms with Gasteiger partial charge in [0.2, 0.25) is 5.82 Å². The van der Waals surface area contributed by atoms with Crippen LogP contribution in [0.4, 0.5) is 5.82 Å². The first-order valence-corrected chi connectivity index (χ1v) is 10.9. The third-order valence-corrected chi connectivity index (χ3v) is 6.40. The van der Waals surface area contributed by atoms with Gasteiger partial charge >= 0.3 is 0 Å². The molecular weight excluding hydrogens is 464 g/mol. The highest BCUT2D eigenvalue weighted by molar-refractivity contribution is 9.10. The molecule has 1 aromatic carbocycles. The van der Waals surface area contributed by atoms with Crippen LogP contribution in [0.25, 0.3) is 5.69 Å². The number of hydrogen-bond donors (Lipinski definition) is 0. The lowest BCUT2D eigenvalue weighted by molar-refractivity contribution is 0.0340. The monoisotopic (exact) mass is 480 g/mol. The van der Waals surface area contributed by atoms with Gasteiger partial charge in [0.05, 0.1) is 17.6 Å². The highest BCUT2D eigenvalue weighted by Crippen LogP contribution is 2.35. The Balaban J connectivity index is 1.43. The molecule has 0 saturated carbocycles. The van der Waals surface area contributed by atoms with Crippen LogP contribution in [-0.4, -0.2) is 42.5 Å². The maximum absolute atomic E-state index is 6.24. The van der Waals surface area contributed by atoms with Crippen molar-refractivity contribution in [1.82, 2.24) is 25.2 Å². The molecule has 4 rings (SSSR count). The highest BCUT2D eigenvalue weighted by Gasteiger charge is 2.35. The SMILES string of the molecule is CC1C(O[C@H](C)c2nnn(-c3cccc(Cl)c3)n2)SCN1c1ccc(Br)cn1. The molecule has 10 heteroatoms. The van der Waals surface area contributed by atoms with Crippen LogP contribution in [-0.2, 0) is 4.74 Å². The minimum absolute atomic E-state index is 0.0152. The molecule has 0 spiro atoms. The topological polar surface area (TPSA) is 69.0 Å². The van der Waals surface area contributed by atoms with Gasteiger partial charge < -0.3 is 9.64 Å². The molecule has 1 aliphatic rings. The van der Waals surface area contributed by atoms with Gasteiger partial charge in [-0.05, 0) is 65.3 Å². The number of rotatable bonds is 5. The average Bonchev–Trinajstić information content (AvgIpc) is 3.31. The zero-order valence-electron chi connectivity index (χ0n) is 15.2. The summed E-state index contributed by atoms with van der Waals surface area (Å²) < 4.78 is 7.20. The van der Waals surface area contributed by atoms with Crippen LogP contribution in [0.2, 0.25) is 5.02 Å². The molecule has 0 N–H and O–H groups in total. The second-order valence-electron chi connectivity index (χ2n) is 6.40. The van der Waals surface area contributed by atoms with Crippen LogP contribution in [0.1, 0.15) is 25.8 Å². The van der Waals surface area contributed by atoms with Gasteiger partial charge in [-0.25, -0.2) is 4.98 Å². The highest BCUT2D eigenvalue weighted by atomic mass is 79.9. The zero-order valence-corrected chi connectivity index (χ0v) is 18.4. The van der Waals surface area contributed by atoms with Crippen molar-refractivity contribution in [2.75, 3.05) is 10.8 Å². The molecule has 1 saturated heterocycles. The van der Waals surface area contributed by atoms with Gasteiger partial charge in [-0.1, -0.05) is 17.7 Å². The lowest BCUT2D eigenvalue weighted by Crippen LogP contribution is -2.34. The minimum atomic E-state index is -0.286. The van der Waals surface area contributed by atoms with Gasteiger partial charge in [0.25, 0.3) is 0 Å². The van der Waals surface area contributed by atoms with Crippen molar-refractivity contribution in [1.29, 1.82) is 0 Å². The van der Waals surface area contributed by atoms with Crippen molar-refractivity contribution in [2.24, 2.45) is 0 Å². The molecule has 1 fully saturated rings. The van der Waals surface area contributed by atoms with Crippen LogP contribution in [0, 0.1) is 0 Å². The predicted molar refractivity (Wildman–Crippen MR) is 114 cm³/mol. The number of pyridine rings is 1. The maximum atomic E-state index is 6.24. The molecule has 2 aromatic heterocycles. The quantitative estimate of drug-likeness (QED) is 0.532. The molecule has 3 atom stereocenters. The Bertz CT molecular complexity index is 955. The van der Waals surface area contributed by atoms with Crippen molar-refractivity contribution in [3.8, 4) is 5.69 Å². The van der Waals surface area contributed by atoms with E-state index in [1.54, 1.807) is 23.9 Å². The lowest BCUT2D eigenvalue weighted by Gasteiger charge is -2.25. The molecule has 2 unspecified atom stereocenters. The Morgan fingerprint density at radius 1 is 1.32 bits per heavy atom. The van der Waals surface area contributed by atoms with Crippen molar-refractivity contribution in [3.05, 3.63) is 57.9 Å². The molecule has 28 heavy (non-hydrogen) atoms. The van der Waals surface area contributed by atoms with E-state index in [-0.39, 0.29) is 17.6 Å². The Labute approximate surface area is 180 Å². The molecule has 3 aromatic rings. The fourth-order valence-corrected chi connectivity index (χ4v) is 4.65. The van der Waals surface area contributed by atoms with Crippen LogP contribution >= 0.6 is 39.3 Å². The van der Waals surface area contributed by atoms with Crippen molar-refractivity contribution in [3.63, 3.8) is 0 Å². The molecule has 146 valence electrons. The van der Waals surface area contributed by atoms with Crippen molar-refractivity contribution in [2.45, 2.75) is 31.4 Å². The van der Waals surface area contributed by atoms with Crippen molar-refractivity contribution >= 4 is 45.1 Å². The number of anilines is 1. The van der Waals surface area contributed by atoms with E-state index in [1.165, 1.54) is 4.80 Å². The number of tetrazole rings is 1. The zero-order chi connectivity index (χ0) is 19.7. The van der Waals surface area contributed by atoms with Crippen LogP contribution in [0.15, 0.2) is 47.1 Å². The second-order valence-corrected chi connectivity index (χ2v) is 8.81. The van der Waals surface area contributed by atoms with E-state index in [2.05, 4.69) is 48.1 Å². The van der Waals surface area contributed by atoms with E-state index in [0.717, 1.165) is 21.9 Å². The summed E-state index contributed by atoms with van der Waals surface area (Å²) in [5.74, 6) is 2.29. The lowest BCUT2D eigenvalue weighted by atomic mass is 10.3. The second kappa shape index (κ2) is 8.36.